The van der Waals surface area contributed by atoms with Gasteiger partial charge in [-0.25, -0.2) is 4.79 Å². The summed E-state index contributed by atoms with van der Waals surface area (Å²) in [5.74, 6) is 0. The van der Waals surface area contributed by atoms with Crippen LogP contribution in [0.3, 0.4) is 0 Å². The lowest BCUT2D eigenvalue weighted by Crippen LogP contribution is -2.41. The number of aliphatic hydroxyl groups excluding tert-OH is 1. The van der Waals surface area contributed by atoms with E-state index in [-0.39, 0.29) is 12.1 Å². The second-order valence-corrected chi connectivity index (χ2v) is 10.2. The number of aromatic nitrogens is 1. The highest BCUT2D eigenvalue weighted by atomic mass is 16.3. The first-order valence-corrected chi connectivity index (χ1v) is 12.8. The van der Waals surface area contributed by atoms with Crippen molar-refractivity contribution in [2.45, 2.75) is 75.7 Å². The second kappa shape index (κ2) is 9.03. The van der Waals surface area contributed by atoms with Gasteiger partial charge in [0.2, 0.25) is 0 Å². The SMILES string of the molecule is N#Cc1c(-c2ccc(NC(=O)NC3CCC3)cc2)n(C2CCC2)c2cc(C(O)NC3CC3)ccc12. The molecule has 3 aliphatic rings. The average molecular weight is 470 g/mol. The van der Waals surface area contributed by atoms with E-state index in [2.05, 4.69) is 26.6 Å². The predicted octanol–water partition coefficient (Wildman–Crippen LogP) is 5.32. The standard InChI is InChI=1S/C28H31N5O2/c29-16-24-23-14-9-18(27(34)30-20-12-13-20)15-25(23)33(22-5-2-6-22)26(24)17-7-10-21(11-8-17)32-28(35)31-19-3-1-4-19/h7-11,14-15,19-20,22,27,30,34H,1-6,12-13H2,(H2,31,32,35). The second-order valence-electron chi connectivity index (χ2n) is 10.2. The van der Waals surface area contributed by atoms with Crippen LogP contribution in [0.15, 0.2) is 42.5 Å². The molecule has 35 heavy (non-hydrogen) atoms. The van der Waals surface area contributed by atoms with Gasteiger partial charge < -0.3 is 20.3 Å². The van der Waals surface area contributed by atoms with Crippen LogP contribution < -0.4 is 16.0 Å². The van der Waals surface area contributed by atoms with Crippen LogP contribution in [0.2, 0.25) is 0 Å². The number of hydrogen-bond donors (Lipinski definition) is 4. The number of urea groups is 1. The Morgan fingerprint density at radius 3 is 2.34 bits per heavy atom. The molecule has 180 valence electrons. The number of fused-ring (bicyclic) bond motifs is 1. The molecule has 3 fully saturated rings. The van der Waals surface area contributed by atoms with Crippen LogP contribution in [0.5, 0.6) is 0 Å². The molecule has 0 radical (unpaired) electrons. The Kier molecular flexibility index (Phi) is 5.71. The van der Waals surface area contributed by atoms with Crippen molar-refractivity contribution in [2.75, 3.05) is 5.32 Å². The maximum absolute atomic E-state index is 12.2. The molecule has 1 unspecified atom stereocenters. The molecule has 0 spiro atoms. The fourth-order valence-corrected chi connectivity index (χ4v) is 5.10. The molecule has 4 N–H and O–H groups in total. The van der Waals surface area contributed by atoms with E-state index >= 15 is 0 Å². The molecule has 1 atom stereocenters. The summed E-state index contributed by atoms with van der Waals surface area (Å²) in [4.78, 5) is 12.2. The van der Waals surface area contributed by atoms with E-state index in [1.807, 2.05) is 42.5 Å². The zero-order valence-electron chi connectivity index (χ0n) is 19.8. The molecule has 3 aliphatic carbocycles. The normalized spacial score (nSPS) is 19.0. The van der Waals surface area contributed by atoms with Crippen LogP contribution in [0.4, 0.5) is 10.5 Å². The van der Waals surface area contributed by atoms with Crippen molar-refractivity contribution in [1.82, 2.24) is 15.2 Å². The van der Waals surface area contributed by atoms with Crippen LogP contribution in [0.25, 0.3) is 22.2 Å². The number of carbonyl (C=O) groups is 1. The van der Waals surface area contributed by atoms with Crippen molar-refractivity contribution in [3.05, 3.63) is 53.6 Å². The first kappa shape index (κ1) is 22.1. The molecule has 1 heterocycles. The molecular formula is C28H31N5O2. The highest BCUT2D eigenvalue weighted by Crippen LogP contribution is 2.43. The van der Waals surface area contributed by atoms with E-state index < -0.39 is 6.23 Å². The summed E-state index contributed by atoms with van der Waals surface area (Å²) < 4.78 is 2.30. The Morgan fingerprint density at radius 1 is 1.00 bits per heavy atom. The third-order valence-electron chi connectivity index (χ3n) is 7.72. The van der Waals surface area contributed by atoms with E-state index in [1.165, 1.54) is 12.8 Å². The molecule has 0 bridgehead atoms. The Balaban J connectivity index is 1.35. The summed E-state index contributed by atoms with van der Waals surface area (Å²) in [6.07, 6.45) is 8.10. The van der Waals surface area contributed by atoms with Gasteiger partial charge in [-0.3, -0.25) is 5.32 Å². The fourth-order valence-electron chi connectivity index (χ4n) is 5.10. The number of rotatable bonds is 7. The van der Waals surface area contributed by atoms with Crippen LogP contribution in [0, 0.1) is 11.3 Å². The van der Waals surface area contributed by atoms with Gasteiger partial charge in [-0.2, -0.15) is 5.26 Å². The van der Waals surface area contributed by atoms with Gasteiger partial charge >= 0.3 is 6.03 Å². The van der Waals surface area contributed by atoms with Gasteiger partial charge in [0.15, 0.2) is 0 Å². The third-order valence-corrected chi connectivity index (χ3v) is 7.72. The summed E-state index contributed by atoms with van der Waals surface area (Å²) in [5, 5.41) is 30.9. The number of benzene rings is 2. The van der Waals surface area contributed by atoms with Gasteiger partial charge in [-0.05, 0) is 80.7 Å². The van der Waals surface area contributed by atoms with Gasteiger partial charge in [0.1, 0.15) is 12.3 Å². The maximum atomic E-state index is 12.2. The van der Waals surface area contributed by atoms with E-state index in [4.69, 9.17) is 0 Å². The van der Waals surface area contributed by atoms with Crippen molar-refractivity contribution in [3.63, 3.8) is 0 Å². The molecule has 1 aromatic heterocycles. The summed E-state index contributed by atoms with van der Waals surface area (Å²) >= 11 is 0. The molecular weight excluding hydrogens is 438 g/mol. The number of aliphatic hydroxyl groups is 1. The Hall–Kier alpha value is -3.34. The number of nitriles is 1. The van der Waals surface area contributed by atoms with Gasteiger partial charge in [0, 0.05) is 29.2 Å². The lowest BCUT2D eigenvalue weighted by Gasteiger charge is -2.30. The molecule has 0 aliphatic heterocycles. The van der Waals surface area contributed by atoms with Gasteiger partial charge in [-0.1, -0.05) is 24.3 Å². The minimum absolute atomic E-state index is 0.172. The molecule has 7 nitrogen and oxygen atoms in total. The molecule has 2 amide bonds. The molecule has 6 rings (SSSR count). The van der Waals surface area contributed by atoms with Crippen LogP contribution in [-0.2, 0) is 0 Å². The van der Waals surface area contributed by atoms with Crippen molar-refractivity contribution in [3.8, 4) is 17.3 Å². The number of carbonyl (C=O) groups excluding carboxylic acids is 1. The first-order chi connectivity index (χ1) is 17.1. The van der Waals surface area contributed by atoms with E-state index in [0.29, 0.717) is 17.6 Å². The van der Waals surface area contributed by atoms with Crippen LogP contribution >= 0.6 is 0 Å². The lowest BCUT2D eigenvalue weighted by molar-refractivity contribution is 0.137. The van der Waals surface area contributed by atoms with Gasteiger partial charge in [0.05, 0.1) is 16.8 Å². The van der Waals surface area contributed by atoms with Crippen LogP contribution in [0.1, 0.15) is 74.8 Å². The largest absolute Gasteiger partial charge is 0.374 e. The number of nitrogens with zero attached hydrogens (tertiary/aromatic N) is 2. The van der Waals surface area contributed by atoms with Crippen molar-refractivity contribution >= 4 is 22.6 Å². The maximum Gasteiger partial charge on any atom is 0.319 e. The van der Waals surface area contributed by atoms with Gasteiger partial charge in [0.25, 0.3) is 0 Å². The summed E-state index contributed by atoms with van der Waals surface area (Å²) in [6, 6.07) is 17.0. The monoisotopic (exact) mass is 469 g/mol. The fraction of sp³-hybridized carbons (Fsp3) is 0.429. The quantitative estimate of drug-likeness (QED) is 0.352. The van der Waals surface area contributed by atoms with E-state index in [0.717, 1.165) is 71.9 Å². The van der Waals surface area contributed by atoms with Crippen molar-refractivity contribution < 1.29 is 9.90 Å². The van der Waals surface area contributed by atoms with Crippen molar-refractivity contribution in [1.29, 1.82) is 5.26 Å². The summed E-state index contributed by atoms with van der Waals surface area (Å²) in [6.45, 7) is 0. The smallest absolute Gasteiger partial charge is 0.319 e. The topological polar surface area (TPSA) is 102 Å². The highest BCUT2D eigenvalue weighted by Gasteiger charge is 2.29. The first-order valence-electron chi connectivity index (χ1n) is 12.8. The van der Waals surface area contributed by atoms with Crippen LogP contribution in [-0.4, -0.2) is 27.8 Å². The predicted molar refractivity (Wildman–Crippen MR) is 136 cm³/mol. The summed E-state index contributed by atoms with van der Waals surface area (Å²) in [7, 11) is 0. The highest BCUT2D eigenvalue weighted by molar-refractivity contribution is 5.96. The lowest BCUT2D eigenvalue weighted by atomic mass is 9.92. The number of hydrogen-bond acceptors (Lipinski definition) is 4. The minimum Gasteiger partial charge on any atom is -0.374 e. The zero-order valence-corrected chi connectivity index (χ0v) is 19.8. The number of anilines is 1. The Labute approximate surface area is 205 Å². The third kappa shape index (κ3) is 4.29. The Morgan fingerprint density at radius 2 is 1.74 bits per heavy atom. The number of nitrogens with one attached hydrogen (secondary N) is 3. The molecule has 2 aromatic carbocycles. The molecule has 3 saturated carbocycles. The number of amides is 2. The molecule has 7 heteroatoms. The average Bonchev–Trinajstić information content (AvgIpc) is 3.56. The van der Waals surface area contributed by atoms with Crippen molar-refractivity contribution in [2.24, 2.45) is 0 Å². The molecule has 3 aromatic rings. The van der Waals surface area contributed by atoms with E-state index in [9.17, 15) is 15.2 Å². The van der Waals surface area contributed by atoms with Gasteiger partial charge in [-0.15, -0.1) is 0 Å². The Bertz CT molecular complexity index is 1290. The van der Waals surface area contributed by atoms with E-state index in [1.54, 1.807) is 0 Å². The minimum atomic E-state index is -0.706. The summed E-state index contributed by atoms with van der Waals surface area (Å²) in [5.41, 5.74) is 5.08. The molecule has 0 saturated heterocycles. The zero-order chi connectivity index (χ0) is 23.9.